The van der Waals surface area contributed by atoms with Gasteiger partial charge >= 0.3 is 0 Å². The number of methoxy groups -OCH3 is 2. The highest BCUT2D eigenvalue weighted by atomic mass is 35.5. The highest BCUT2D eigenvalue weighted by Crippen LogP contribution is 2.44. The van der Waals surface area contributed by atoms with Crippen molar-refractivity contribution in [3.63, 3.8) is 0 Å². The average Bonchev–Trinajstić information content (AvgIpc) is 2.46. The first-order valence-corrected chi connectivity index (χ1v) is 6.81. The van der Waals surface area contributed by atoms with Crippen molar-refractivity contribution in [1.82, 2.24) is 0 Å². The number of benzene rings is 2. The minimum Gasteiger partial charge on any atom is -0.495 e. The zero-order chi connectivity index (χ0) is 15.6. The van der Waals surface area contributed by atoms with E-state index in [-0.39, 0.29) is 16.3 Å². The first-order valence-electron chi connectivity index (χ1n) is 5.99. The first-order chi connectivity index (χ1) is 10.0. The molecule has 0 N–H and O–H groups in total. The van der Waals surface area contributed by atoms with Gasteiger partial charge in [-0.1, -0.05) is 17.7 Å². The summed E-state index contributed by atoms with van der Waals surface area (Å²) in [6.07, 6.45) is 0. The molecule has 0 aliphatic rings. The van der Waals surface area contributed by atoms with Gasteiger partial charge in [-0.3, -0.25) is 0 Å². The number of alkyl halides is 1. The van der Waals surface area contributed by atoms with Gasteiger partial charge in [-0.2, -0.15) is 0 Å². The van der Waals surface area contributed by atoms with E-state index >= 15 is 0 Å². The lowest BCUT2D eigenvalue weighted by molar-refractivity contribution is 0.391. The summed E-state index contributed by atoms with van der Waals surface area (Å²) in [5, 5.41) is -0.885. The van der Waals surface area contributed by atoms with Crippen molar-refractivity contribution in [1.29, 1.82) is 0 Å². The highest BCUT2D eigenvalue weighted by Gasteiger charge is 2.25. The van der Waals surface area contributed by atoms with Crippen LogP contribution in [-0.4, -0.2) is 14.2 Å². The van der Waals surface area contributed by atoms with Crippen molar-refractivity contribution in [2.24, 2.45) is 0 Å². The largest absolute Gasteiger partial charge is 0.495 e. The zero-order valence-corrected chi connectivity index (χ0v) is 12.8. The van der Waals surface area contributed by atoms with Crippen LogP contribution >= 0.6 is 23.2 Å². The Morgan fingerprint density at radius 3 is 2.14 bits per heavy atom. The maximum absolute atomic E-state index is 13.8. The summed E-state index contributed by atoms with van der Waals surface area (Å²) in [4.78, 5) is 0. The molecule has 6 heteroatoms. The van der Waals surface area contributed by atoms with Gasteiger partial charge in [0, 0.05) is 11.1 Å². The van der Waals surface area contributed by atoms with Gasteiger partial charge in [0.2, 0.25) is 0 Å². The van der Waals surface area contributed by atoms with Crippen molar-refractivity contribution in [3.05, 3.63) is 58.1 Å². The molecule has 1 unspecified atom stereocenters. The number of ether oxygens (including phenoxy) is 2. The van der Waals surface area contributed by atoms with Gasteiger partial charge in [0.15, 0.2) is 0 Å². The molecule has 2 aromatic carbocycles. The van der Waals surface area contributed by atoms with Crippen molar-refractivity contribution in [3.8, 4) is 11.5 Å². The Kier molecular flexibility index (Phi) is 4.91. The monoisotopic (exact) mass is 332 g/mol. The third-order valence-electron chi connectivity index (χ3n) is 3.04. The minimum atomic E-state index is -1.08. The SMILES string of the molecule is COc1ccc(C(Cl)c2c(F)cccc2F)c(OC)c1Cl. The van der Waals surface area contributed by atoms with E-state index in [9.17, 15) is 8.78 Å². The second-order valence-corrected chi connectivity index (χ2v) is 5.02. The van der Waals surface area contributed by atoms with Crippen LogP contribution in [0.5, 0.6) is 11.5 Å². The van der Waals surface area contributed by atoms with Gasteiger partial charge in [0.1, 0.15) is 28.2 Å². The van der Waals surface area contributed by atoms with Gasteiger partial charge in [0.25, 0.3) is 0 Å². The van der Waals surface area contributed by atoms with E-state index in [0.717, 1.165) is 12.1 Å². The topological polar surface area (TPSA) is 18.5 Å². The van der Waals surface area contributed by atoms with Crippen molar-refractivity contribution in [2.45, 2.75) is 5.38 Å². The molecule has 0 saturated carbocycles. The lowest BCUT2D eigenvalue weighted by Gasteiger charge is -2.18. The molecule has 2 aromatic rings. The summed E-state index contributed by atoms with van der Waals surface area (Å²) in [5.74, 6) is -0.859. The number of rotatable bonds is 4. The van der Waals surface area contributed by atoms with E-state index in [1.54, 1.807) is 12.1 Å². The van der Waals surface area contributed by atoms with Gasteiger partial charge < -0.3 is 9.47 Å². The second-order valence-electron chi connectivity index (χ2n) is 4.20. The Labute approximate surface area is 131 Å². The molecule has 0 aliphatic carbocycles. The Bertz CT molecular complexity index is 642. The van der Waals surface area contributed by atoms with Gasteiger partial charge in [0.05, 0.1) is 19.6 Å². The van der Waals surface area contributed by atoms with E-state index in [0.29, 0.717) is 11.3 Å². The summed E-state index contributed by atoms with van der Waals surface area (Å²) < 4.78 is 38.0. The summed E-state index contributed by atoms with van der Waals surface area (Å²) in [6.45, 7) is 0. The molecule has 0 fully saturated rings. The third kappa shape index (κ3) is 2.92. The molecular formula is C15H12Cl2F2O2. The van der Waals surface area contributed by atoms with Crippen LogP contribution in [0.1, 0.15) is 16.5 Å². The molecule has 0 aromatic heterocycles. The second kappa shape index (κ2) is 6.50. The summed E-state index contributed by atoms with van der Waals surface area (Å²) in [5.41, 5.74) is 0.104. The van der Waals surface area contributed by atoms with Gasteiger partial charge in [-0.15, -0.1) is 11.6 Å². The van der Waals surface area contributed by atoms with E-state index < -0.39 is 17.0 Å². The zero-order valence-electron chi connectivity index (χ0n) is 11.3. The standard InChI is InChI=1S/C15H12Cl2F2O2/c1-20-11-7-6-8(15(21-2)14(11)17)13(16)12-9(18)4-3-5-10(12)19/h3-7,13H,1-2H3. The molecule has 2 rings (SSSR count). The molecule has 0 saturated heterocycles. The van der Waals surface area contributed by atoms with Crippen molar-refractivity contribution >= 4 is 23.2 Å². The van der Waals surface area contributed by atoms with E-state index in [4.69, 9.17) is 32.7 Å². The van der Waals surface area contributed by atoms with Crippen LogP contribution < -0.4 is 9.47 Å². The van der Waals surface area contributed by atoms with E-state index in [1.165, 1.54) is 20.3 Å². The lowest BCUT2D eigenvalue weighted by atomic mass is 10.0. The van der Waals surface area contributed by atoms with Crippen molar-refractivity contribution < 1.29 is 18.3 Å². The van der Waals surface area contributed by atoms with Gasteiger partial charge in [-0.05, 0) is 24.3 Å². The summed E-state index contributed by atoms with van der Waals surface area (Å²) in [7, 11) is 2.85. The van der Waals surface area contributed by atoms with Crippen LogP contribution in [0.2, 0.25) is 5.02 Å². The molecule has 0 amide bonds. The average molecular weight is 333 g/mol. The van der Waals surface area contributed by atoms with Crippen LogP contribution in [0.4, 0.5) is 8.78 Å². The normalized spacial score (nSPS) is 12.1. The molecule has 21 heavy (non-hydrogen) atoms. The lowest BCUT2D eigenvalue weighted by Crippen LogP contribution is -2.04. The highest BCUT2D eigenvalue weighted by molar-refractivity contribution is 6.34. The maximum Gasteiger partial charge on any atom is 0.146 e. The van der Waals surface area contributed by atoms with Crippen LogP contribution in [0.25, 0.3) is 0 Å². The fourth-order valence-corrected chi connectivity index (χ4v) is 2.73. The molecule has 1 atom stereocenters. The third-order valence-corrected chi connectivity index (χ3v) is 3.85. The molecule has 0 spiro atoms. The van der Waals surface area contributed by atoms with Crippen LogP contribution in [0, 0.1) is 11.6 Å². The molecule has 0 heterocycles. The van der Waals surface area contributed by atoms with E-state index in [2.05, 4.69) is 0 Å². The van der Waals surface area contributed by atoms with Crippen LogP contribution in [0.15, 0.2) is 30.3 Å². The first kappa shape index (κ1) is 15.9. The number of halogens is 4. The molecule has 0 aliphatic heterocycles. The Morgan fingerprint density at radius 2 is 1.62 bits per heavy atom. The molecular weight excluding hydrogens is 321 g/mol. The number of hydrogen-bond donors (Lipinski definition) is 0. The van der Waals surface area contributed by atoms with E-state index in [1.807, 2.05) is 0 Å². The molecule has 112 valence electrons. The fourth-order valence-electron chi connectivity index (χ4n) is 2.03. The van der Waals surface area contributed by atoms with Gasteiger partial charge in [-0.25, -0.2) is 8.78 Å². The molecule has 0 bridgehead atoms. The maximum atomic E-state index is 13.8. The number of hydrogen-bond acceptors (Lipinski definition) is 2. The fraction of sp³-hybridized carbons (Fsp3) is 0.200. The Hall–Kier alpha value is -1.52. The van der Waals surface area contributed by atoms with Crippen molar-refractivity contribution in [2.75, 3.05) is 14.2 Å². The van der Waals surface area contributed by atoms with Crippen LogP contribution in [0.3, 0.4) is 0 Å². The summed E-state index contributed by atoms with van der Waals surface area (Å²) >= 11 is 12.4. The molecule has 2 nitrogen and oxygen atoms in total. The minimum absolute atomic E-state index is 0.194. The Morgan fingerprint density at radius 1 is 1.00 bits per heavy atom. The van der Waals surface area contributed by atoms with Crippen LogP contribution in [-0.2, 0) is 0 Å². The predicted molar refractivity (Wildman–Crippen MR) is 78.6 cm³/mol. The predicted octanol–water partition coefficient (Wildman–Crippen LogP) is 4.96. The summed E-state index contributed by atoms with van der Waals surface area (Å²) in [6, 6.07) is 6.69. The molecule has 0 radical (unpaired) electrons. The Balaban J connectivity index is 2.59. The smallest absolute Gasteiger partial charge is 0.146 e. The quantitative estimate of drug-likeness (QED) is 0.736.